The van der Waals surface area contributed by atoms with Gasteiger partial charge in [-0.25, -0.2) is 0 Å². The molecule has 0 amide bonds. The maximum atomic E-state index is 12.4. The first-order valence-electron chi connectivity index (χ1n) is 4.66. The number of aromatic nitrogens is 1. The normalized spacial score (nSPS) is 13.0. The van der Waals surface area contributed by atoms with Gasteiger partial charge in [0.15, 0.2) is 0 Å². The molecule has 0 saturated heterocycles. The van der Waals surface area contributed by atoms with Crippen LogP contribution in [0, 0.1) is 6.92 Å². The van der Waals surface area contributed by atoms with Crippen molar-refractivity contribution >= 4 is 0 Å². The first-order chi connectivity index (χ1) is 6.62. The molecule has 1 aromatic rings. The second kappa shape index (κ2) is 3.51. The molecule has 84 valence electrons. The molecule has 0 aliphatic heterocycles. The highest BCUT2D eigenvalue weighted by molar-refractivity contribution is 5.29. The Hall–Kier alpha value is -1.06. The topological polar surface area (TPSA) is 12.9 Å². The lowest BCUT2D eigenvalue weighted by molar-refractivity contribution is -0.141. The maximum absolute atomic E-state index is 12.4. The second-order valence-corrected chi connectivity index (χ2v) is 4.64. The first kappa shape index (κ1) is 12.0. The fraction of sp³-hybridized carbons (Fsp3) is 0.545. The van der Waals surface area contributed by atoms with Crippen molar-refractivity contribution in [1.29, 1.82) is 0 Å². The molecular formula is C11H14F3N. The average molecular weight is 217 g/mol. The van der Waals surface area contributed by atoms with Crippen LogP contribution in [0.2, 0.25) is 0 Å². The van der Waals surface area contributed by atoms with E-state index in [1.165, 1.54) is 13.1 Å². The van der Waals surface area contributed by atoms with Crippen molar-refractivity contribution < 1.29 is 13.2 Å². The molecule has 15 heavy (non-hydrogen) atoms. The molecule has 0 spiro atoms. The van der Waals surface area contributed by atoms with Gasteiger partial charge in [-0.1, -0.05) is 26.8 Å². The van der Waals surface area contributed by atoms with Crippen LogP contribution in [-0.2, 0) is 11.6 Å². The minimum absolute atomic E-state index is 0.176. The Balaban J connectivity index is 3.21. The molecule has 0 radical (unpaired) electrons. The van der Waals surface area contributed by atoms with E-state index in [0.29, 0.717) is 0 Å². The number of aryl methyl sites for hydroxylation is 1. The van der Waals surface area contributed by atoms with Crippen LogP contribution in [0.1, 0.15) is 37.6 Å². The number of hydrogen-bond donors (Lipinski definition) is 0. The maximum Gasteiger partial charge on any atom is 0.433 e. The SMILES string of the molecule is Cc1cc(C(C)(C)C)cnc1C(F)(F)F. The molecule has 0 saturated carbocycles. The van der Waals surface area contributed by atoms with Crippen molar-refractivity contribution in [2.45, 2.75) is 39.3 Å². The molecule has 1 heterocycles. The molecular weight excluding hydrogens is 203 g/mol. The number of rotatable bonds is 0. The molecule has 1 rings (SSSR count). The average Bonchev–Trinajstić information content (AvgIpc) is 1.99. The van der Waals surface area contributed by atoms with E-state index in [-0.39, 0.29) is 11.0 Å². The lowest BCUT2D eigenvalue weighted by atomic mass is 9.87. The van der Waals surface area contributed by atoms with Gasteiger partial charge in [-0.3, -0.25) is 4.98 Å². The minimum Gasteiger partial charge on any atom is -0.251 e. The van der Waals surface area contributed by atoms with Crippen molar-refractivity contribution in [2.75, 3.05) is 0 Å². The van der Waals surface area contributed by atoms with Crippen LogP contribution in [0.25, 0.3) is 0 Å². The van der Waals surface area contributed by atoms with Crippen LogP contribution in [-0.4, -0.2) is 4.98 Å². The summed E-state index contributed by atoms with van der Waals surface area (Å²) in [6, 6.07) is 1.55. The van der Waals surface area contributed by atoms with E-state index in [2.05, 4.69) is 4.98 Å². The van der Waals surface area contributed by atoms with Crippen LogP contribution >= 0.6 is 0 Å². The molecule has 0 fully saturated rings. The molecule has 0 unspecified atom stereocenters. The van der Waals surface area contributed by atoms with Gasteiger partial charge in [0.25, 0.3) is 0 Å². The molecule has 1 nitrogen and oxygen atoms in total. The van der Waals surface area contributed by atoms with Crippen LogP contribution < -0.4 is 0 Å². The minimum atomic E-state index is -4.36. The number of nitrogens with zero attached hydrogens (tertiary/aromatic N) is 1. The Kier molecular flexibility index (Phi) is 2.81. The number of hydrogen-bond acceptors (Lipinski definition) is 1. The monoisotopic (exact) mass is 217 g/mol. The number of pyridine rings is 1. The second-order valence-electron chi connectivity index (χ2n) is 4.64. The molecule has 0 N–H and O–H groups in total. The van der Waals surface area contributed by atoms with Crippen molar-refractivity contribution in [3.05, 3.63) is 29.1 Å². The van der Waals surface area contributed by atoms with Crippen molar-refractivity contribution in [1.82, 2.24) is 4.98 Å². The largest absolute Gasteiger partial charge is 0.433 e. The van der Waals surface area contributed by atoms with E-state index in [1.807, 2.05) is 20.8 Å². The third kappa shape index (κ3) is 2.70. The summed E-state index contributed by atoms with van der Waals surface area (Å²) in [7, 11) is 0. The van der Waals surface area contributed by atoms with Crippen LogP contribution in [0.15, 0.2) is 12.3 Å². The predicted molar refractivity (Wildman–Crippen MR) is 52.7 cm³/mol. The van der Waals surface area contributed by atoms with Gasteiger partial charge >= 0.3 is 6.18 Å². The smallest absolute Gasteiger partial charge is 0.251 e. The zero-order valence-corrected chi connectivity index (χ0v) is 9.24. The Morgan fingerprint density at radius 3 is 2.00 bits per heavy atom. The van der Waals surface area contributed by atoms with E-state index in [4.69, 9.17) is 0 Å². The molecule has 4 heteroatoms. The summed E-state index contributed by atoms with van der Waals surface area (Å²) in [5.74, 6) is 0. The fourth-order valence-electron chi connectivity index (χ4n) is 1.28. The van der Waals surface area contributed by atoms with Gasteiger partial charge in [0.2, 0.25) is 0 Å². The molecule has 1 aromatic heterocycles. The van der Waals surface area contributed by atoms with Gasteiger partial charge in [-0.05, 0) is 23.5 Å². The zero-order chi connectivity index (χ0) is 11.9. The highest BCUT2D eigenvalue weighted by atomic mass is 19.4. The van der Waals surface area contributed by atoms with Gasteiger partial charge in [0.1, 0.15) is 5.69 Å². The van der Waals surface area contributed by atoms with E-state index < -0.39 is 11.9 Å². The van der Waals surface area contributed by atoms with Gasteiger partial charge in [-0.2, -0.15) is 13.2 Å². The summed E-state index contributed by atoms with van der Waals surface area (Å²) in [4.78, 5) is 3.49. The van der Waals surface area contributed by atoms with Gasteiger partial charge < -0.3 is 0 Å². The summed E-state index contributed by atoms with van der Waals surface area (Å²) >= 11 is 0. The zero-order valence-electron chi connectivity index (χ0n) is 9.24. The van der Waals surface area contributed by atoms with Gasteiger partial charge in [0.05, 0.1) is 0 Å². The van der Waals surface area contributed by atoms with E-state index in [0.717, 1.165) is 5.56 Å². The lowest BCUT2D eigenvalue weighted by Gasteiger charge is -2.20. The van der Waals surface area contributed by atoms with Crippen molar-refractivity contribution in [2.24, 2.45) is 0 Å². The van der Waals surface area contributed by atoms with E-state index in [1.54, 1.807) is 6.07 Å². The Bertz CT molecular complexity index is 361. The summed E-state index contributed by atoms with van der Waals surface area (Å²) in [5, 5.41) is 0. The summed E-state index contributed by atoms with van der Waals surface area (Å²) in [6.45, 7) is 7.26. The van der Waals surface area contributed by atoms with Crippen LogP contribution in [0.5, 0.6) is 0 Å². The number of halogens is 3. The predicted octanol–water partition coefficient (Wildman–Crippen LogP) is 3.71. The van der Waals surface area contributed by atoms with E-state index >= 15 is 0 Å². The molecule has 0 bridgehead atoms. The fourth-order valence-corrected chi connectivity index (χ4v) is 1.28. The highest BCUT2D eigenvalue weighted by Gasteiger charge is 2.34. The summed E-state index contributed by atoms with van der Waals surface area (Å²) in [5.41, 5.74) is 0.0143. The molecule has 0 aromatic carbocycles. The van der Waals surface area contributed by atoms with Crippen molar-refractivity contribution in [3.8, 4) is 0 Å². The van der Waals surface area contributed by atoms with Crippen LogP contribution in [0.4, 0.5) is 13.2 Å². The highest BCUT2D eigenvalue weighted by Crippen LogP contribution is 2.32. The summed E-state index contributed by atoms with van der Waals surface area (Å²) < 4.78 is 37.2. The quantitative estimate of drug-likeness (QED) is 0.645. The third-order valence-corrected chi connectivity index (χ3v) is 2.21. The Labute approximate surface area is 87.3 Å². The lowest BCUT2D eigenvalue weighted by Crippen LogP contribution is -2.16. The molecule has 0 atom stereocenters. The molecule has 0 aliphatic rings. The Morgan fingerprint density at radius 1 is 1.13 bits per heavy atom. The Morgan fingerprint density at radius 2 is 1.67 bits per heavy atom. The number of alkyl halides is 3. The van der Waals surface area contributed by atoms with Gasteiger partial charge in [0, 0.05) is 6.20 Å². The first-order valence-corrected chi connectivity index (χ1v) is 4.66. The molecule has 0 aliphatic carbocycles. The summed E-state index contributed by atoms with van der Waals surface area (Å²) in [6.07, 6.45) is -3.06. The standard InChI is InChI=1S/C11H14F3N/c1-7-5-8(10(2,3)4)6-15-9(7)11(12,13)14/h5-6H,1-4H3. The van der Waals surface area contributed by atoms with E-state index in [9.17, 15) is 13.2 Å². The van der Waals surface area contributed by atoms with Gasteiger partial charge in [-0.15, -0.1) is 0 Å². The third-order valence-electron chi connectivity index (χ3n) is 2.21. The van der Waals surface area contributed by atoms with Crippen LogP contribution in [0.3, 0.4) is 0 Å². The van der Waals surface area contributed by atoms with Crippen molar-refractivity contribution in [3.63, 3.8) is 0 Å².